The quantitative estimate of drug-likeness (QED) is 0.762. The van der Waals surface area contributed by atoms with Crippen molar-refractivity contribution in [2.45, 2.75) is 32.1 Å². The van der Waals surface area contributed by atoms with E-state index in [-0.39, 0.29) is 0 Å². The van der Waals surface area contributed by atoms with Gasteiger partial charge in [-0.25, -0.2) is 0 Å². The number of fused-ring (bicyclic) bond motifs is 1. The number of hydrogen-bond acceptors (Lipinski definition) is 2. The zero-order valence-electron chi connectivity index (χ0n) is 11.7. The van der Waals surface area contributed by atoms with E-state index in [0.29, 0.717) is 11.3 Å². The zero-order valence-corrected chi connectivity index (χ0v) is 13.2. The van der Waals surface area contributed by atoms with Crippen LogP contribution in [0.2, 0.25) is 0 Å². The predicted molar refractivity (Wildman–Crippen MR) is 84.0 cm³/mol. The van der Waals surface area contributed by atoms with Gasteiger partial charge >= 0.3 is 0 Å². The molecule has 1 aliphatic carbocycles. The number of nitrogens with zero attached hydrogens (tertiary/aromatic N) is 1. The molecule has 20 heavy (non-hydrogen) atoms. The van der Waals surface area contributed by atoms with Gasteiger partial charge in [-0.2, -0.15) is 0 Å². The normalized spacial score (nSPS) is 24.2. The van der Waals surface area contributed by atoms with Crippen molar-refractivity contribution in [3.8, 4) is 0 Å². The molecule has 2 fully saturated rings. The first-order valence-electron chi connectivity index (χ1n) is 7.32. The molecule has 2 heterocycles. The second-order valence-electron chi connectivity index (χ2n) is 6.29. The van der Waals surface area contributed by atoms with Gasteiger partial charge in [0.25, 0.3) is 0 Å². The van der Waals surface area contributed by atoms with Crippen LogP contribution in [0, 0.1) is 12.3 Å². The van der Waals surface area contributed by atoms with Crippen LogP contribution in [0.3, 0.4) is 0 Å². The van der Waals surface area contributed by atoms with Crippen LogP contribution in [-0.2, 0) is 4.74 Å². The Morgan fingerprint density at radius 1 is 1.20 bits per heavy atom. The molecule has 2 aromatic rings. The molecule has 0 radical (unpaired) electrons. The van der Waals surface area contributed by atoms with Crippen LogP contribution < -0.4 is 0 Å². The second-order valence-corrected chi connectivity index (χ2v) is 7.14. The van der Waals surface area contributed by atoms with Crippen molar-refractivity contribution in [3.05, 3.63) is 40.1 Å². The molecule has 1 aromatic carbocycles. The number of benzene rings is 1. The highest BCUT2D eigenvalue weighted by Crippen LogP contribution is 2.64. The highest BCUT2D eigenvalue weighted by atomic mass is 79.9. The van der Waals surface area contributed by atoms with Crippen LogP contribution in [-0.4, -0.2) is 18.2 Å². The maximum absolute atomic E-state index is 5.50. The molecule has 1 spiro atoms. The average molecular weight is 332 g/mol. The Hall–Kier alpha value is -0.930. The molecule has 0 bridgehead atoms. The van der Waals surface area contributed by atoms with Crippen LogP contribution in [0.25, 0.3) is 10.8 Å². The summed E-state index contributed by atoms with van der Waals surface area (Å²) in [6.45, 7) is 3.97. The first-order valence-corrected chi connectivity index (χ1v) is 8.11. The molecule has 1 aliphatic heterocycles. The Morgan fingerprint density at radius 3 is 2.80 bits per heavy atom. The highest BCUT2D eigenvalue weighted by molar-refractivity contribution is 9.10. The van der Waals surface area contributed by atoms with Gasteiger partial charge in [0.2, 0.25) is 0 Å². The number of ether oxygens (including phenoxy) is 1. The van der Waals surface area contributed by atoms with E-state index in [0.717, 1.165) is 13.2 Å². The maximum atomic E-state index is 5.50. The third kappa shape index (κ3) is 1.99. The van der Waals surface area contributed by atoms with Gasteiger partial charge in [0.1, 0.15) is 0 Å². The summed E-state index contributed by atoms with van der Waals surface area (Å²) in [7, 11) is 0. The number of aryl methyl sites for hydroxylation is 1. The van der Waals surface area contributed by atoms with Gasteiger partial charge in [0.15, 0.2) is 0 Å². The molecule has 2 nitrogen and oxygen atoms in total. The van der Waals surface area contributed by atoms with Gasteiger partial charge in [0, 0.05) is 40.9 Å². The molecule has 1 aromatic heterocycles. The zero-order chi connectivity index (χ0) is 13.7. The van der Waals surface area contributed by atoms with Gasteiger partial charge in [-0.1, -0.05) is 15.9 Å². The lowest BCUT2D eigenvalue weighted by Crippen LogP contribution is -2.18. The Labute approximate surface area is 127 Å². The summed E-state index contributed by atoms with van der Waals surface area (Å²) in [5, 5.41) is 2.53. The number of hydrogen-bond donors (Lipinski definition) is 0. The van der Waals surface area contributed by atoms with E-state index in [2.05, 4.69) is 41.1 Å². The molecule has 1 atom stereocenters. The Bertz CT molecular complexity index is 676. The van der Waals surface area contributed by atoms with Crippen LogP contribution in [0.4, 0.5) is 0 Å². The minimum Gasteiger partial charge on any atom is -0.381 e. The maximum Gasteiger partial charge on any atom is 0.0471 e. The van der Waals surface area contributed by atoms with Gasteiger partial charge in [-0.05, 0) is 60.7 Å². The van der Waals surface area contributed by atoms with Crippen molar-refractivity contribution in [2.24, 2.45) is 5.41 Å². The Kier molecular flexibility index (Phi) is 2.90. The average Bonchev–Trinajstić information content (AvgIpc) is 3.14. The minimum atomic E-state index is 0.501. The molecule has 0 amide bonds. The third-order valence-electron chi connectivity index (χ3n) is 5.06. The molecular formula is C17H18BrNO. The minimum absolute atomic E-state index is 0.501. The standard InChI is InChI=1S/C17H18BrNO/c1-11-6-13-10-19-16(8-12(13)7-15(11)18)14-9-17(14)2-4-20-5-3-17/h6-8,10,14H,2-5,9H2,1H3. The van der Waals surface area contributed by atoms with Crippen LogP contribution in [0.15, 0.2) is 28.9 Å². The molecule has 1 saturated carbocycles. The number of halogens is 1. The lowest BCUT2D eigenvalue weighted by molar-refractivity contribution is 0.0555. The monoisotopic (exact) mass is 331 g/mol. The van der Waals surface area contributed by atoms with Crippen molar-refractivity contribution in [1.29, 1.82) is 0 Å². The molecule has 3 heteroatoms. The summed E-state index contributed by atoms with van der Waals surface area (Å²) < 4.78 is 6.68. The molecule has 1 unspecified atom stereocenters. The fourth-order valence-electron chi connectivity index (χ4n) is 3.58. The van der Waals surface area contributed by atoms with Crippen molar-refractivity contribution in [1.82, 2.24) is 4.98 Å². The van der Waals surface area contributed by atoms with E-state index in [1.807, 2.05) is 6.20 Å². The van der Waals surface area contributed by atoms with E-state index in [4.69, 9.17) is 9.72 Å². The van der Waals surface area contributed by atoms with E-state index in [1.54, 1.807) is 0 Å². The third-order valence-corrected chi connectivity index (χ3v) is 5.91. The number of aromatic nitrogens is 1. The lowest BCUT2D eigenvalue weighted by Gasteiger charge is -2.22. The van der Waals surface area contributed by atoms with Crippen LogP contribution in [0.5, 0.6) is 0 Å². The predicted octanol–water partition coefficient (Wildman–Crippen LogP) is 4.59. The highest BCUT2D eigenvalue weighted by Gasteiger charge is 2.55. The van der Waals surface area contributed by atoms with Crippen LogP contribution in [0.1, 0.15) is 36.4 Å². The summed E-state index contributed by atoms with van der Waals surface area (Å²) in [6.07, 6.45) is 5.74. The topological polar surface area (TPSA) is 22.1 Å². The largest absolute Gasteiger partial charge is 0.381 e. The van der Waals surface area contributed by atoms with Gasteiger partial charge in [-0.3, -0.25) is 4.98 Å². The Morgan fingerprint density at radius 2 is 2.00 bits per heavy atom. The molecule has 104 valence electrons. The van der Waals surface area contributed by atoms with Crippen molar-refractivity contribution in [3.63, 3.8) is 0 Å². The lowest BCUT2D eigenvalue weighted by atomic mass is 9.92. The summed E-state index contributed by atoms with van der Waals surface area (Å²) in [6, 6.07) is 6.70. The summed E-state index contributed by atoms with van der Waals surface area (Å²) in [5.41, 5.74) is 3.04. The second kappa shape index (κ2) is 4.54. The molecule has 1 saturated heterocycles. The summed E-state index contributed by atoms with van der Waals surface area (Å²) in [5.74, 6) is 0.649. The number of rotatable bonds is 1. The Balaban J connectivity index is 1.70. The fraction of sp³-hybridized carbons (Fsp3) is 0.471. The summed E-state index contributed by atoms with van der Waals surface area (Å²) >= 11 is 3.63. The molecule has 2 aliphatic rings. The molecular weight excluding hydrogens is 314 g/mol. The van der Waals surface area contributed by atoms with E-state index in [9.17, 15) is 0 Å². The fourth-order valence-corrected chi connectivity index (χ4v) is 3.94. The molecule has 4 rings (SSSR count). The van der Waals surface area contributed by atoms with Gasteiger partial charge < -0.3 is 4.74 Å². The van der Waals surface area contributed by atoms with Crippen molar-refractivity contribution < 1.29 is 4.74 Å². The van der Waals surface area contributed by atoms with E-state index in [1.165, 1.54) is 45.8 Å². The molecule has 0 N–H and O–H groups in total. The SMILES string of the molecule is Cc1cc2cnc(C3CC34CCOCC4)cc2cc1Br. The summed E-state index contributed by atoms with van der Waals surface area (Å²) in [4.78, 5) is 4.73. The van der Waals surface area contributed by atoms with Gasteiger partial charge in [-0.15, -0.1) is 0 Å². The van der Waals surface area contributed by atoms with Crippen LogP contribution >= 0.6 is 15.9 Å². The van der Waals surface area contributed by atoms with Crippen molar-refractivity contribution >= 4 is 26.7 Å². The number of pyridine rings is 1. The van der Waals surface area contributed by atoms with Gasteiger partial charge in [0.05, 0.1) is 0 Å². The first kappa shape index (κ1) is 12.8. The van der Waals surface area contributed by atoms with E-state index >= 15 is 0 Å². The first-order chi connectivity index (χ1) is 9.68. The van der Waals surface area contributed by atoms with Crippen molar-refractivity contribution in [2.75, 3.05) is 13.2 Å². The smallest absolute Gasteiger partial charge is 0.0471 e. The van der Waals surface area contributed by atoms with E-state index < -0.39 is 0 Å².